The van der Waals surface area contributed by atoms with Crippen LogP contribution in [-0.2, 0) is 9.53 Å². The molecule has 0 unspecified atom stereocenters. The highest BCUT2D eigenvalue weighted by Gasteiger charge is 2.25. The third kappa shape index (κ3) is 4.14. The van der Waals surface area contributed by atoms with Gasteiger partial charge in [0.1, 0.15) is 5.82 Å². The number of amides is 1. The van der Waals surface area contributed by atoms with Crippen LogP contribution in [0.15, 0.2) is 12.3 Å². The Bertz CT molecular complexity index is 552. The van der Waals surface area contributed by atoms with E-state index in [9.17, 15) is 4.79 Å². The lowest BCUT2D eigenvalue weighted by molar-refractivity contribution is -0.136. The van der Waals surface area contributed by atoms with E-state index < -0.39 is 0 Å². The van der Waals surface area contributed by atoms with E-state index >= 15 is 0 Å². The van der Waals surface area contributed by atoms with Crippen molar-refractivity contribution in [1.29, 1.82) is 0 Å². The second kappa shape index (κ2) is 7.79. The van der Waals surface area contributed by atoms with Crippen molar-refractivity contribution in [1.82, 2.24) is 14.9 Å². The van der Waals surface area contributed by atoms with Gasteiger partial charge in [-0.1, -0.05) is 0 Å². The first-order valence-electron chi connectivity index (χ1n) is 8.74. The number of carbonyl (C=O) groups is 1. The van der Waals surface area contributed by atoms with E-state index in [1.165, 1.54) is 0 Å². The van der Waals surface area contributed by atoms with Gasteiger partial charge < -0.3 is 19.4 Å². The highest BCUT2D eigenvalue weighted by Crippen LogP contribution is 2.24. The van der Waals surface area contributed by atoms with Crippen LogP contribution in [-0.4, -0.2) is 74.3 Å². The van der Waals surface area contributed by atoms with Crippen molar-refractivity contribution in [3.05, 3.63) is 12.3 Å². The molecule has 0 N–H and O–H groups in total. The van der Waals surface area contributed by atoms with Crippen LogP contribution in [0.1, 0.15) is 19.3 Å². The van der Waals surface area contributed by atoms with Crippen LogP contribution in [0.5, 0.6) is 0 Å². The minimum atomic E-state index is 0.280. The van der Waals surface area contributed by atoms with Crippen molar-refractivity contribution < 1.29 is 9.53 Å². The fourth-order valence-corrected chi connectivity index (χ4v) is 3.27. The van der Waals surface area contributed by atoms with E-state index in [2.05, 4.69) is 14.9 Å². The van der Waals surface area contributed by atoms with Gasteiger partial charge in [0.2, 0.25) is 11.9 Å². The van der Waals surface area contributed by atoms with Gasteiger partial charge in [-0.15, -0.1) is 0 Å². The maximum atomic E-state index is 12.4. The molecule has 1 aromatic rings. The number of morpholine rings is 1. The molecule has 0 radical (unpaired) electrons. The van der Waals surface area contributed by atoms with Gasteiger partial charge in [0.25, 0.3) is 0 Å². The number of aromatic nitrogens is 2. The Morgan fingerprint density at radius 3 is 2.62 bits per heavy atom. The third-order valence-electron chi connectivity index (χ3n) is 4.81. The Morgan fingerprint density at radius 1 is 1.25 bits per heavy atom. The molecule has 0 spiro atoms. The van der Waals surface area contributed by atoms with Crippen LogP contribution in [0, 0.1) is 5.92 Å². The topological polar surface area (TPSA) is 61.8 Å². The molecule has 132 valence electrons. The summed E-state index contributed by atoms with van der Waals surface area (Å²) in [7, 11) is 3.96. The molecule has 0 saturated carbocycles. The van der Waals surface area contributed by atoms with Gasteiger partial charge in [0.05, 0.1) is 13.2 Å². The zero-order valence-corrected chi connectivity index (χ0v) is 14.6. The number of piperidine rings is 1. The van der Waals surface area contributed by atoms with Crippen LogP contribution in [0.25, 0.3) is 0 Å². The number of ether oxygens (including phenoxy) is 1. The smallest absolute Gasteiger partial charge is 0.227 e. The molecular weight excluding hydrogens is 306 g/mol. The molecule has 0 aromatic carbocycles. The summed E-state index contributed by atoms with van der Waals surface area (Å²) in [5, 5.41) is 0. The Morgan fingerprint density at radius 2 is 1.96 bits per heavy atom. The van der Waals surface area contributed by atoms with Gasteiger partial charge in [-0.05, 0) is 24.8 Å². The average molecular weight is 333 g/mol. The summed E-state index contributed by atoms with van der Waals surface area (Å²) in [4.78, 5) is 27.5. The van der Waals surface area contributed by atoms with Crippen molar-refractivity contribution in [2.75, 3.05) is 63.3 Å². The van der Waals surface area contributed by atoms with Gasteiger partial charge in [-0.2, -0.15) is 4.98 Å². The largest absolute Gasteiger partial charge is 0.378 e. The molecule has 1 aromatic heterocycles. The molecular formula is C17H27N5O2. The second-order valence-electron chi connectivity index (χ2n) is 6.74. The molecule has 3 heterocycles. The van der Waals surface area contributed by atoms with E-state index in [0.29, 0.717) is 25.6 Å². The summed E-state index contributed by atoms with van der Waals surface area (Å²) in [6, 6.07) is 1.91. The van der Waals surface area contributed by atoms with Crippen LogP contribution >= 0.6 is 0 Å². The average Bonchev–Trinajstić information content (AvgIpc) is 2.63. The Kier molecular flexibility index (Phi) is 5.50. The van der Waals surface area contributed by atoms with E-state index in [0.717, 1.165) is 50.8 Å². The minimum absolute atomic E-state index is 0.280. The summed E-state index contributed by atoms with van der Waals surface area (Å²) in [6.45, 7) is 4.65. The molecule has 1 amide bonds. The van der Waals surface area contributed by atoms with Crippen LogP contribution in [0.3, 0.4) is 0 Å². The quantitative estimate of drug-likeness (QED) is 0.819. The van der Waals surface area contributed by atoms with Crippen molar-refractivity contribution in [3.63, 3.8) is 0 Å². The number of hydrogen-bond donors (Lipinski definition) is 0. The zero-order valence-electron chi connectivity index (χ0n) is 14.6. The summed E-state index contributed by atoms with van der Waals surface area (Å²) in [5.74, 6) is 2.46. The van der Waals surface area contributed by atoms with Gasteiger partial charge >= 0.3 is 0 Å². The van der Waals surface area contributed by atoms with Gasteiger partial charge in [-0.25, -0.2) is 4.98 Å². The van der Waals surface area contributed by atoms with Gasteiger partial charge in [-0.3, -0.25) is 4.79 Å². The molecule has 2 aliphatic rings. The van der Waals surface area contributed by atoms with Crippen molar-refractivity contribution in [3.8, 4) is 0 Å². The van der Waals surface area contributed by atoms with Gasteiger partial charge in [0, 0.05) is 52.9 Å². The van der Waals surface area contributed by atoms with E-state index in [1.807, 2.05) is 36.2 Å². The van der Waals surface area contributed by atoms with Gasteiger partial charge in [0.15, 0.2) is 0 Å². The summed E-state index contributed by atoms with van der Waals surface area (Å²) in [5.41, 5.74) is 0. The second-order valence-corrected chi connectivity index (χ2v) is 6.74. The van der Waals surface area contributed by atoms with E-state index in [-0.39, 0.29) is 5.91 Å². The molecule has 24 heavy (non-hydrogen) atoms. The monoisotopic (exact) mass is 333 g/mol. The molecule has 2 fully saturated rings. The van der Waals surface area contributed by atoms with Crippen molar-refractivity contribution >= 4 is 17.7 Å². The molecule has 2 aliphatic heterocycles. The summed E-state index contributed by atoms with van der Waals surface area (Å²) < 4.78 is 5.31. The minimum Gasteiger partial charge on any atom is -0.378 e. The standard InChI is InChI=1S/C17H27N5O2/c1-20(2)15-3-6-18-17(19-15)22-7-4-14(5-8-22)13-16(23)21-9-11-24-12-10-21/h3,6,14H,4-5,7-13H2,1-2H3. The molecule has 3 rings (SSSR count). The lowest BCUT2D eigenvalue weighted by Gasteiger charge is -2.33. The number of rotatable bonds is 4. The number of anilines is 2. The lowest BCUT2D eigenvalue weighted by Crippen LogP contribution is -2.42. The van der Waals surface area contributed by atoms with Crippen LogP contribution < -0.4 is 9.80 Å². The van der Waals surface area contributed by atoms with Crippen LogP contribution in [0.2, 0.25) is 0 Å². The summed E-state index contributed by atoms with van der Waals surface area (Å²) in [6.07, 6.45) is 4.51. The zero-order chi connectivity index (χ0) is 16.9. The first kappa shape index (κ1) is 17.0. The Hall–Kier alpha value is -1.89. The molecule has 7 nitrogen and oxygen atoms in total. The number of nitrogens with zero attached hydrogens (tertiary/aromatic N) is 5. The van der Waals surface area contributed by atoms with E-state index in [4.69, 9.17) is 4.74 Å². The number of hydrogen-bond acceptors (Lipinski definition) is 6. The molecule has 2 saturated heterocycles. The lowest BCUT2D eigenvalue weighted by atomic mass is 9.93. The predicted octanol–water partition coefficient (Wildman–Crippen LogP) is 1.01. The SMILES string of the molecule is CN(C)c1ccnc(N2CCC(CC(=O)N3CCOCC3)CC2)n1. The van der Waals surface area contributed by atoms with Crippen molar-refractivity contribution in [2.24, 2.45) is 5.92 Å². The maximum Gasteiger partial charge on any atom is 0.227 e. The maximum absolute atomic E-state index is 12.4. The number of carbonyl (C=O) groups excluding carboxylic acids is 1. The molecule has 7 heteroatoms. The first-order chi connectivity index (χ1) is 11.6. The Balaban J connectivity index is 1.50. The van der Waals surface area contributed by atoms with Crippen molar-refractivity contribution in [2.45, 2.75) is 19.3 Å². The third-order valence-corrected chi connectivity index (χ3v) is 4.81. The fraction of sp³-hybridized carbons (Fsp3) is 0.706. The first-order valence-corrected chi connectivity index (χ1v) is 8.74. The Labute approximate surface area is 143 Å². The molecule has 0 atom stereocenters. The highest BCUT2D eigenvalue weighted by molar-refractivity contribution is 5.76. The molecule has 0 aliphatic carbocycles. The van der Waals surface area contributed by atoms with E-state index in [1.54, 1.807) is 0 Å². The highest BCUT2D eigenvalue weighted by atomic mass is 16.5. The fourth-order valence-electron chi connectivity index (χ4n) is 3.27. The van der Waals surface area contributed by atoms with Crippen LogP contribution in [0.4, 0.5) is 11.8 Å². The predicted molar refractivity (Wildman–Crippen MR) is 93.3 cm³/mol. The normalized spacial score (nSPS) is 19.4. The summed E-state index contributed by atoms with van der Waals surface area (Å²) >= 11 is 0. The molecule has 0 bridgehead atoms.